The molecule has 0 saturated carbocycles. The smallest absolute Gasteiger partial charge is 0.250 e. The molecule has 0 aromatic carbocycles. The summed E-state index contributed by atoms with van der Waals surface area (Å²) >= 11 is 0. The molecule has 0 atom stereocenters. The number of hydrogen-bond acceptors (Lipinski definition) is 4. The third-order valence-corrected chi connectivity index (χ3v) is 3.23. The summed E-state index contributed by atoms with van der Waals surface area (Å²) in [5, 5.41) is 7.62. The Bertz CT molecular complexity index is 618. The Hall–Kier alpha value is -2.08. The van der Waals surface area contributed by atoms with Crippen LogP contribution >= 0.6 is 0 Å². The maximum Gasteiger partial charge on any atom is 0.250 e. The molecule has 2 aromatic rings. The number of pyridine rings is 1. The van der Waals surface area contributed by atoms with Crippen molar-refractivity contribution in [2.75, 3.05) is 19.0 Å². The highest BCUT2D eigenvalue weighted by molar-refractivity contribution is 5.40. The normalized spacial score (nSPS) is 10.8. The van der Waals surface area contributed by atoms with Crippen molar-refractivity contribution in [2.45, 2.75) is 33.0 Å². The Morgan fingerprint density at radius 1 is 1.29 bits per heavy atom. The van der Waals surface area contributed by atoms with Gasteiger partial charge in [0.2, 0.25) is 0 Å². The standard InChI is InChI=1S/C15H22N4O2/c1-3-8-19-14(6-7-17-19)11-16-13-4-5-15(20)18(12-13)9-10-21-2/h4-7,12,16H,3,8-11H2,1-2H3. The van der Waals surface area contributed by atoms with Gasteiger partial charge in [-0.3, -0.25) is 9.48 Å². The topological polar surface area (TPSA) is 61.1 Å². The van der Waals surface area contributed by atoms with Crippen LogP contribution in [0.2, 0.25) is 0 Å². The molecule has 0 aliphatic heterocycles. The highest BCUT2D eigenvalue weighted by Gasteiger charge is 2.03. The second-order valence-electron chi connectivity index (χ2n) is 4.84. The number of nitrogens with one attached hydrogen (secondary N) is 1. The van der Waals surface area contributed by atoms with Crippen molar-refractivity contribution < 1.29 is 4.74 Å². The number of anilines is 1. The number of nitrogens with zero attached hydrogens (tertiary/aromatic N) is 3. The van der Waals surface area contributed by atoms with Crippen molar-refractivity contribution in [2.24, 2.45) is 0 Å². The number of aromatic nitrogens is 3. The van der Waals surface area contributed by atoms with E-state index >= 15 is 0 Å². The van der Waals surface area contributed by atoms with Gasteiger partial charge < -0.3 is 14.6 Å². The summed E-state index contributed by atoms with van der Waals surface area (Å²) in [5.74, 6) is 0. The van der Waals surface area contributed by atoms with E-state index in [9.17, 15) is 4.79 Å². The monoisotopic (exact) mass is 290 g/mol. The minimum absolute atomic E-state index is 0.0198. The number of rotatable bonds is 8. The number of ether oxygens (including phenoxy) is 1. The minimum Gasteiger partial charge on any atom is -0.383 e. The van der Waals surface area contributed by atoms with E-state index < -0.39 is 0 Å². The van der Waals surface area contributed by atoms with E-state index in [1.165, 1.54) is 0 Å². The molecule has 2 heterocycles. The van der Waals surface area contributed by atoms with Crippen LogP contribution in [0, 0.1) is 0 Å². The second kappa shape index (κ2) is 7.64. The first kappa shape index (κ1) is 15.3. The predicted molar refractivity (Wildman–Crippen MR) is 82.4 cm³/mol. The molecule has 0 spiro atoms. The molecule has 2 aromatic heterocycles. The Morgan fingerprint density at radius 2 is 2.14 bits per heavy atom. The Morgan fingerprint density at radius 3 is 2.90 bits per heavy atom. The summed E-state index contributed by atoms with van der Waals surface area (Å²) < 4.78 is 8.65. The lowest BCUT2D eigenvalue weighted by atomic mass is 10.3. The molecule has 114 valence electrons. The van der Waals surface area contributed by atoms with Gasteiger partial charge in [-0.25, -0.2) is 0 Å². The highest BCUT2D eigenvalue weighted by Crippen LogP contribution is 2.07. The SMILES string of the molecule is CCCn1nccc1CNc1ccc(=O)n(CCOC)c1. The fourth-order valence-corrected chi connectivity index (χ4v) is 2.12. The van der Waals surface area contributed by atoms with Gasteiger partial charge >= 0.3 is 0 Å². The summed E-state index contributed by atoms with van der Waals surface area (Å²) in [7, 11) is 1.63. The first-order chi connectivity index (χ1) is 10.2. The van der Waals surface area contributed by atoms with Crippen LogP contribution in [0.3, 0.4) is 0 Å². The van der Waals surface area contributed by atoms with E-state index in [2.05, 4.69) is 17.3 Å². The van der Waals surface area contributed by atoms with E-state index in [4.69, 9.17) is 4.74 Å². The van der Waals surface area contributed by atoms with E-state index in [1.54, 1.807) is 23.8 Å². The van der Waals surface area contributed by atoms with Gasteiger partial charge in [-0.1, -0.05) is 6.92 Å². The molecule has 6 nitrogen and oxygen atoms in total. The molecule has 0 fully saturated rings. The van der Waals surface area contributed by atoms with Crippen LogP contribution in [0.25, 0.3) is 0 Å². The molecule has 2 rings (SSSR count). The van der Waals surface area contributed by atoms with Gasteiger partial charge in [0.25, 0.3) is 5.56 Å². The maximum atomic E-state index is 11.7. The second-order valence-corrected chi connectivity index (χ2v) is 4.84. The Kier molecular flexibility index (Phi) is 5.57. The lowest BCUT2D eigenvalue weighted by Gasteiger charge is -2.11. The molecule has 6 heteroatoms. The first-order valence-electron chi connectivity index (χ1n) is 7.18. The molecule has 0 unspecified atom stereocenters. The average molecular weight is 290 g/mol. The van der Waals surface area contributed by atoms with Crippen molar-refractivity contribution in [3.05, 3.63) is 46.6 Å². The average Bonchev–Trinajstić information content (AvgIpc) is 2.93. The lowest BCUT2D eigenvalue weighted by molar-refractivity contribution is 0.186. The summed E-state index contributed by atoms with van der Waals surface area (Å²) in [4.78, 5) is 11.7. The van der Waals surface area contributed by atoms with E-state index in [0.29, 0.717) is 19.7 Å². The zero-order valence-electron chi connectivity index (χ0n) is 12.6. The molecule has 0 bridgehead atoms. The van der Waals surface area contributed by atoms with Crippen LogP contribution in [0.1, 0.15) is 19.0 Å². The lowest BCUT2D eigenvalue weighted by Crippen LogP contribution is -2.21. The largest absolute Gasteiger partial charge is 0.383 e. The van der Waals surface area contributed by atoms with Crippen LogP contribution < -0.4 is 10.9 Å². The van der Waals surface area contributed by atoms with Gasteiger partial charge in [0.05, 0.1) is 24.5 Å². The number of hydrogen-bond donors (Lipinski definition) is 1. The van der Waals surface area contributed by atoms with Crippen LogP contribution in [0.15, 0.2) is 35.4 Å². The zero-order chi connectivity index (χ0) is 15.1. The van der Waals surface area contributed by atoms with Crippen molar-refractivity contribution in [1.82, 2.24) is 14.3 Å². The fraction of sp³-hybridized carbons (Fsp3) is 0.467. The predicted octanol–water partition coefficient (Wildman–Crippen LogP) is 1.71. The van der Waals surface area contributed by atoms with Crippen molar-refractivity contribution in [3.8, 4) is 0 Å². The number of aryl methyl sites for hydroxylation is 1. The van der Waals surface area contributed by atoms with Crippen LogP contribution in [0.4, 0.5) is 5.69 Å². The highest BCUT2D eigenvalue weighted by atomic mass is 16.5. The van der Waals surface area contributed by atoms with E-state index in [1.807, 2.05) is 23.1 Å². The maximum absolute atomic E-state index is 11.7. The van der Waals surface area contributed by atoms with Crippen LogP contribution in [-0.2, 0) is 24.4 Å². The van der Waals surface area contributed by atoms with Gasteiger partial charge in [0.15, 0.2) is 0 Å². The molecule has 0 aliphatic carbocycles. The third-order valence-electron chi connectivity index (χ3n) is 3.23. The molecule has 21 heavy (non-hydrogen) atoms. The van der Waals surface area contributed by atoms with Crippen molar-refractivity contribution in [3.63, 3.8) is 0 Å². The Balaban J connectivity index is 2.02. The van der Waals surface area contributed by atoms with E-state index in [0.717, 1.165) is 24.3 Å². The quantitative estimate of drug-likeness (QED) is 0.804. The molecule has 0 radical (unpaired) electrons. The number of methoxy groups -OCH3 is 1. The minimum atomic E-state index is -0.0198. The fourth-order valence-electron chi connectivity index (χ4n) is 2.12. The van der Waals surface area contributed by atoms with Crippen LogP contribution in [-0.4, -0.2) is 28.1 Å². The summed E-state index contributed by atoms with van der Waals surface area (Å²) in [6.45, 7) is 4.80. The summed E-state index contributed by atoms with van der Waals surface area (Å²) in [5.41, 5.74) is 2.02. The zero-order valence-corrected chi connectivity index (χ0v) is 12.6. The molecule has 0 aliphatic rings. The molecule has 1 N–H and O–H groups in total. The molecular weight excluding hydrogens is 268 g/mol. The summed E-state index contributed by atoms with van der Waals surface area (Å²) in [6, 6.07) is 5.37. The van der Waals surface area contributed by atoms with Crippen molar-refractivity contribution in [1.29, 1.82) is 0 Å². The van der Waals surface area contributed by atoms with Gasteiger partial charge in [-0.05, 0) is 18.6 Å². The first-order valence-corrected chi connectivity index (χ1v) is 7.18. The molecular formula is C15H22N4O2. The molecule has 0 saturated heterocycles. The van der Waals surface area contributed by atoms with Gasteiger partial charge in [0, 0.05) is 38.7 Å². The van der Waals surface area contributed by atoms with Crippen molar-refractivity contribution >= 4 is 5.69 Å². The van der Waals surface area contributed by atoms with Gasteiger partial charge in [0.1, 0.15) is 0 Å². The van der Waals surface area contributed by atoms with Gasteiger partial charge in [-0.2, -0.15) is 5.10 Å². The van der Waals surface area contributed by atoms with E-state index in [-0.39, 0.29) is 5.56 Å². The Labute approximate surface area is 124 Å². The van der Waals surface area contributed by atoms with Gasteiger partial charge in [-0.15, -0.1) is 0 Å². The third kappa shape index (κ3) is 4.19. The van der Waals surface area contributed by atoms with Crippen LogP contribution in [0.5, 0.6) is 0 Å². The summed E-state index contributed by atoms with van der Waals surface area (Å²) in [6.07, 6.45) is 4.69. The molecule has 0 amide bonds.